The number of nitrogens with one attached hydrogen (secondary N) is 2. The minimum atomic E-state index is -3.33. The third-order valence-corrected chi connectivity index (χ3v) is 3.78. The SMILES string of the molecule is CCCS(=O)(=O)Nc1cccc(NC(=O)[C@@H](C)N)c1. The Morgan fingerprint density at radius 3 is 2.58 bits per heavy atom. The molecule has 0 saturated carbocycles. The molecule has 0 aromatic heterocycles. The lowest BCUT2D eigenvalue weighted by atomic mass is 10.2. The van der Waals surface area contributed by atoms with Gasteiger partial charge in [-0.25, -0.2) is 8.42 Å². The fourth-order valence-electron chi connectivity index (χ4n) is 1.42. The molecule has 7 heteroatoms. The van der Waals surface area contributed by atoms with E-state index in [0.29, 0.717) is 17.8 Å². The summed E-state index contributed by atoms with van der Waals surface area (Å²) in [4.78, 5) is 11.4. The van der Waals surface area contributed by atoms with Crippen molar-refractivity contribution in [3.8, 4) is 0 Å². The Bertz CT molecular complexity index is 541. The highest BCUT2D eigenvalue weighted by Gasteiger charge is 2.10. The second kappa shape index (κ2) is 6.53. The summed E-state index contributed by atoms with van der Waals surface area (Å²) in [6, 6.07) is 5.86. The summed E-state index contributed by atoms with van der Waals surface area (Å²) in [5, 5.41) is 2.60. The molecule has 0 aliphatic rings. The molecule has 0 saturated heterocycles. The van der Waals surface area contributed by atoms with E-state index in [4.69, 9.17) is 5.73 Å². The number of rotatable bonds is 6. The predicted octanol–water partition coefficient (Wildman–Crippen LogP) is 1.12. The van der Waals surface area contributed by atoms with Crippen molar-refractivity contribution in [2.75, 3.05) is 15.8 Å². The number of nitrogens with two attached hydrogens (primary N) is 1. The van der Waals surface area contributed by atoms with Crippen LogP contribution in [0.25, 0.3) is 0 Å². The van der Waals surface area contributed by atoms with Gasteiger partial charge in [0.2, 0.25) is 15.9 Å². The van der Waals surface area contributed by atoms with Crippen molar-refractivity contribution in [2.45, 2.75) is 26.3 Å². The standard InChI is InChI=1S/C12H19N3O3S/c1-3-7-19(17,18)15-11-6-4-5-10(8-11)14-12(16)9(2)13/h4-6,8-9,15H,3,7,13H2,1-2H3,(H,14,16)/t9-/m1/s1. The molecule has 4 N–H and O–H groups in total. The van der Waals surface area contributed by atoms with Gasteiger partial charge >= 0.3 is 0 Å². The lowest BCUT2D eigenvalue weighted by Crippen LogP contribution is -2.32. The highest BCUT2D eigenvalue weighted by Crippen LogP contribution is 2.16. The number of sulfonamides is 1. The van der Waals surface area contributed by atoms with Gasteiger partial charge in [0.25, 0.3) is 0 Å². The average molecular weight is 285 g/mol. The maximum Gasteiger partial charge on any atom is 0.240 e. The number of hydrogen-bond donors (Lipinski definition) is 3. The Kier molecular flexibility index (Phi) is 5.31. The lowest BCUT2D eigenvalue weighted by molar-refractivity contribution is -0.117. The van der Waals surface area contributed by atoms with E-state index in [9.17, 15) is 13.2 Å². The first-order valence-electron chi connectivity index (χ1n) is 6.01. The van der Waals surface area contributed by atoms with Crippen LogP contribution in [0.2, 0.25) is 0 Å². The average Bonchev–Trinajstić information content (AvgIpc) is 2.28. The van der Waals surface area contributed by atoms with Crippen molar-refractivity contribution in [1.82, 2.24) is 0 Å². The summed E-state index contributed by atoms with van der Waals surface area (Å²) in [6.45, 7) is 3.36. The summed E-state index contributed by atoms with van der Waals surface area (Å²) >= 11 is 0. The highest BCUT2D eigenvalue weighted by atomic mass is 32.2. The Labute approximate surface area is 113 Å². The summed E-state index contributed by atoms with van der Waals surface area (Å²) < 4.78 is 25.7. The van der Waals surface area contributed by atoms with Crippen LogP contribution < -0.4 is 15.8 Å². The monoisotopic (exact) mass is 285 g/mol. The van der Waals surface area contributed by atoms with E-state index < -0.39 is 16.1 Å². The van der Waals surface area contributed by atoms with Gasteiger partial charge in [0.05, 0.1) is 17.5 Å². The normalized spacial score (nSPS) is 12.8. The largest absolute Gasteiger partial charge is 0.325 e. The van der Waals surface area contributed by atoms with E-state index in [0.717, 1.165) is 0 Å². The molecular weight excluding hydrogens is 266 g/mol. The summed E-state index contributed by atoms with van der Waals surface area (Å²) in [7, 11) is -3.33. The third-order valence-electron chi connectivity index (χ3n) is 2.29. The summed E-state index contributed by atoms with van der Waals surface area (Å²) in [6.07, 6.45) is 0.538. The molecule has 1 amide bonds. The molecule has 1 rings (SSSR count). The van der Waals surface area contributed by atoms with Gasteiger partial charge in [0.15, 0.2) is 0 Å². The molecule has 1 aromatic carbocycles. The second-order valence-corrected chi connectivity index (χ2v) is 6.12. The molecule has 0 aliphatic heterocycles. The maximum atomic E-state index is 11.6. The number of hydrogen-bond acceptors (Lipinski definition) is 4. The molecule has 0 spiro atoms. The molecule has 19 heavy (non-hydrogen) atoms. The zero-order valence-electron chi connectivity index (χ0n) is 11.0. The topological polar surface area (TPSA) is 101 Å². The Morgan fingerprint density at radius 1 is 1.37 bits per heavy atom. The van der Waals surface area contributed by atoms with Crippen LogP contribution in [-0.4, -0.2) is 26.1 Å². The number of amides is 1. The Hall–Kier alpha value is -1.60. The molecule has 0 aliphatic carbocycles. The quantitative estimate of drug-likeness (QED) is 0.729. The molecule has 0 fully saturated rings. The van der Waals surface area contributed by atoms with Crippen LogP contribution in [0.1, 0.15) is 20.3 Å². The predicted molar refractivity (Wildman–Crippen MR) is 76.4 cm³/mol. The smallest absolute Gasteiger partial charge is 0.240 e. The number of carbonyl (C=O) groups excluding carboxylic acids is 1. The van der Waals surface area contributed by atoms with Crippen molar-refractivity contribution in [3.05, 3.63) is 24.3 Å². The van der Waals surface area contributed by atoms with Crippen LogP contribution in [0.4, 0.5) is 11.4 Å². The van der Waals surface area contributed by atoms with E-state index in [1.807, 2.05) is 0 Å². The van der Waals surface area contributed by atoms with Gasteiger partial charge in [-0.2, -0.15) is 0 Å². The van der Waals surface area contributed by atoms with Gasteiger partial charge in [-0.3, -0.25) is 9.52 Å². The number of anilines is 2. The van der Waals surface area contributed by atoms with Gasteiger partial charge < -0.3 is 11.1 Å². The fourth-order valence-corrected chi connectivity index (χ4v) is 2.54. The Balaban J connectivity index is 2.80. The fraction of sp³-hybridized carbons (Fsp3) is 0.417. The van der Waals surface area contributed by atoms with Crippen LogP contribution in [0.5, 0.6) is 0 Å². The van der Waals surface area contributed by atoms with Crippen molar-refractivity contribution >= 4 is 27.3 Å². The van der Waals surface area contributed by atoms with Crippen LogP contribution in [0.3, 0.4) is 0 Å². The van der Waals surface area contributed by atoms with Gasteiger partial charge in [-0.1, -0.05) is 13.0 Å². The third kappa shape index (κ3) is 5.27. The second-order valence-electron chi connectivity index (χ2n) is 4.28. The van der Waals surface area contributed by atoms with E-state index in [1.54, 1.807) is 38.1 Å². The minimum absolute atomic E-state index is 0.0589. The molecule has 1 aromatic rings. The van der Waals surface area contributed by atoms with E-state index in [-0.39, 0.29) is 11.7 Å². The van der Waals surface area contributed by atoms with Gasteiger partial charge in [-0.05, 0) is 31.5 Å². The van der Waals surface area contributed by atoms with Crippen LogP contribution in [0, 0.1) is 0 Å². The molecular formula is C12H19N3O3S. The molecule has 0 bridgehead atoms. The van der Waals surface area contributed by atoms with Gasteiger partial charge in [-0.15, -0.1) is 0 Å². The minimum Gasteiger partial charge on any atom is -0.325 e. The number of benzene rings is 1. The number of carbonyl (C=O) groups is 1. The Morgan fingerprint density at radius 2 is 2.00 bits per heavy atom. The summed E-state index contributed by atoms with van der Waals surface area (Å²) in [5.41, 5.74) is 6.35. The summed E-state index contributed by atoms with van der Waals surface area (Å²) in [5.74, 6) is -0.266. The molecule has 0 unspecified atom stereocenters. The first kappa shape index (κ1) is 15.5. The molecule has 1 atom stereocenters. The van der Waals surface area contributed by atoms with Crippen molar-refractivity contribution in [2.24, 2.45) is 5.73 Å². The van der Waals surface area contributed by atoms with E-state index >= 15 is 0 Å². The highest BCUT2D eigenvalue weighted by molar-refractivity contribution is 7.92. The molecule has 106 valence electrons. The van der Waals surface area contributed by atoms with Crippen LogP contribution >= 0.6 is 0 Å². The van der Waals surface area contributed by atoms with Gasteiger partial charge in [0.1, 0.15) is 0 Å². The zero-order chi connectivity index (χ0) is 14.5. The van der Waals surface area contributed by atoms with Crippen LogP contribution in [0.15, 0.2) is 24.3 Å². The first-order valence-corrected chi connectivity index (χ1v) is 7.66. The van der Waals surface area contributed by atoms with Crippen molar-refractivity contribution < 1.29 is 13.2 Å². The van der Waals surface area contributed by atoms with Crippen molar-refractivity contribution in [1.29, 1.82) is 0 Å². The van der Waals surface area contributed by atoms with Crippen molar-refractivity contribution in [3.63, 3.8) is 0 Å². The maximum absolute atomic E-state index is 11.6. The van der Waals surface area contributed by atoms with Gasteiger partial charge in [0, 0.05) is 5.69 Å². The van der Waals surface area contributed by atoms with E-state index in [1.165, 1.54) is 0 Å². The van der Waals surface area contributed by atoms with Crippen LogP contribution in [-0.2, 0) is 14.8 Å². The molecule has 0 radical (unpaired) electrons. The lowest BCUT2D eigenvalue weighted by Gasteiger charge is -2.11. The first-order chi connectivity index (χ1) is 8.84. The molecule has 6 nitrogen and oxygen atoms in total. The van der Waals surface area contributed by atoms with E-state index in [2.05, 4.69) is 10.0 Å². The molecule has 0 heterocycles. The zero-order valence-corrected chi connectivity index (χ0v) is 11.8.